The van der Waals surface area contributed by atoms with E-state index in [4.69, 9.17) is 20.2 Å². The maximum absolute atomic E-state index is 13.8. The highest BCUT2D eigenvalue weighted by Gasteiger charge is 2.25. The van der Waals surface area contributed by atoms with Gasteiger partial charge in [-0.2, -0.15) is 5.10 Å². The second kappa shape index (κ2) is 13.2. The molecule has 0 spiro atoms. The Morgan fingerprint density at radius 1 is 1.20 bits per heavy atom. The molecular formula is C24H30FN6O8P. The highest BCUT2D eigenvalue weighted by atomic mass is 31.2. The van der Waals surface area contributed by atoms with Crippen molar-refractivity contribution in [2.24, 2.45) is 7.05 Å². The number of hydrogen-bond acceptors (Lipinski definition) is 9. The number of aromatic nitrogens is 4. The molecule has 0 aliphatic carbocycles. The van der Waals surface area contributed by atoms with Gasteiger partial charge in [0.15, 0.2) is 5.54 Å². The molecule has 0 bridgehead atoms. The first-order valence-corrected chi connectivity index (χ1v) is 13.3. The summed E-state index contributed by atoms with van der Waals surface area (Å²) in [6.45, 7) is -1.30. The highest BCUT2D eigenvalue weighted by Crippen LogP contribution is 2.31. The minimum Gasteiger partial charge on any atom is -0.756 e. The Labute approximate surface area is 227 Å². The number of aliphatic hydroxyl groups is 3. The zero-order valence-corrected chi connectivity index (χ0v) is 22.4. The number of nitrogens with one attached hydrogen (secondary N) is 1. The molecule has 1 unspecified atom stereocenters. The number of fused-ring (bicyclic) bond motifs is 1. The molecule has 4 rings (SSSR count). The Kier molecular flexibility index (Phi) is 10.2. The third kappa shape index (κ3) is 8.00. The van der Waals surface area contributed by atoms with Gasteiger partial charge in [0.2, 0.25) is 0 Å². The number of carbonyl (C=O) groups is 1. The third-order valence-electron chi connectivity index (χ3n) is 5.79. The third-order valence-corrected chi connectivity index (χ3v) is 6.24. The number of nitrogens with zero attached hydrogens (tertiary/aromatic N) is 4. The van der Waals surface area contributed by atoms with Gasteiger partial charge >= 0.3 is 0 Å². The van der Waals surface area contributed by atoms with E-state index < -0.39 is 20.1 Å². The second-order valence-corrected chi connectivity index (χ2v) is 10.1. The molecule has 0 fully saturated rings. The summed E-state index contributed by atoms with van der Waals surface area (Å²) in [6, 6.07) is 11.4. The lowest BCUT2D eigenvalue weighted by atomic mass is 10.1. The van der Waals surface area contributed by atoms with E-state index in [1.54, 1.807) is 48.0 Å². The van der Waals surface area contributed by atoms with Crippen LogP contribution in [0.2, 0.25) is 0 Å². The number of benzene rings is 1. The topological polar surface area (TPSA) is 223 Å². The van der Waals surface area contributed by atoms with Crippen molar-refractivity contribution in [1.82, 2.24) is 24.6 Å². The number of pyridine rings is 1. The molecule has 0 aliphatic heterocycles. The van der Waals surface area contributed by atoms with Crippen LogP contribution in [0, 0.1) is 5.82 Å². The molecule has 4 aromatic rings. The zero-order chi connectivity index (χ0) is 29.5. The van der Waals surface area contributed by atoms with Gasteiger partial charge in [0.25, 0.3) is 13.7 Å². The monoisotopic (exact) mass is 580 g/mol. The van der Waals surface area contributed by atoms with E-state index in [-0.39, 0.29) is 38.1 Å². The maximum Gasteiger partial charge on any atom is 0.268 e. The minimum atomic E-state index is -4.86. The Hall–Kier alpha value is -3.53. The summed E-state index contributed by atoms with van der Waals surface area (Å²) in [6.07, 6.45) is 2.98. The first kappa shape index (κ1) is 31.0. The van der Waals surface area contributed by atoms with Gasteiger partial charge in [-0.1, -0.05) is 18.2 Å². The van der Waals surface area contributed by atoms with Crippen LogP contribution in [0.1, 0.15) is 16.1 Å². The molecule has 0 saturated carbocycles. The quantitative estimate of drug-likeness (QED) is 0.124. The number of phosphoric ester groups is 1. The van der Waals surface area contributed by atoms with Crippen LogP contribution >= 0.6 is 7.82 Å². The van der Waals surface area contributed by atoms with E-state index in [0.29, 0.717) is 28.2 Å². The van der Waals surface area contributed by atoms with E-state index in [0.717, 1.165) is 5.39 Å². The molecule has 1 amide bonds. The van der Waals surface area contributed by atoms with Crippen molar-refractivity contribution in [2.45, 2.75) is 18.8 Å². The lowest BCUT2D eigenvalue weighted by Crippen LogP contribution is -2.78. The van der Waals surface area contributed by atoms with Crippen LogP contribution < -0.4 is 15.9 Å². The molecule has 40 heavy (non-hydrogen) atoms. The van der Waals surface area contributed by atoms with Gasteiger partial charge in [-0.3, -0.25) is 13.9 Å². The first-order valence-electron chi connectivity index (χ1n) is 11.8. The fourth-order valence-electron chi connectivity index (χ4n) is 3.33. The van der Waals surface area contributed by atoms with Crippen LogP contribution in [0.4, 0.5) is 4.39 Å². The number of carbonyl (C=O) groups excluding carboxylic acids is 1. The number of aliphatic hydroxyl groups excluding tert-OH is 3. The molecule has 8 N–H and O–H groups in total. The van der Waals surface area contributed by atoms with Crippen molar-refractivity contribution in [3.63, 3.8) is 0 Å². The summed E-state index contributed by atoms with van der Waals surface area (Å²) in [5.74, 6) is -0.759. The number of quaternary nitrogens is 1. The van der Waals surface area contributed by atoms with Crippen LogP contribution in [-0.4, -0.2) is 70.8 Å². The maximum atomic E-state index is 13.8. The minimum absolute atomic E-state index is 0.0527. The van der Waals surface area contributed by atoms with Crippen molar-refractivity contribution in [3.05, 3.63) is 71.9 Å². The predicted molar refractivity (Wildman–Crippen MR) is 137 cm³/mol. The van der Waals surface area contributed by atoms with E-state index >= 15 is 0 Å². The number of rotatable bonds is 10. The summed E-state index contributed by atoms with van der Waals surface area (Å²) in [7, 11) is -3.16. The van der Waals surface area contributed by atoms with Crippen molar-refractivity contribution in [1.29, 1.82) is 0 Å². The number of phosphoric acid groups is 1. The number of halogens is 1. The number of aryl methyl sites for hydroxylation is 1. The summed E-state index contributed by atoms with van der Waals surface area (Å²) in [5.41, 5.74) is 4.83. The molecule has 16 heteroatoms. The number of hydrogen-bond donors (Lipinski definition) is 6. The van der Waals surface area contributed by atoms with Crippen LogP contribution in [-0.2, 0) is 29.4 Å². The fourth-order valence-corrected chi connectivity index (χ4v) is 3.60. The van der Waals surface area contributed by atoms with Gasteiger partial charge in [-0.15, -0.1) is 0 Å². The molecule has 0 saturated heterocycles. The lowest BCUT2D eigenvalue weighted by Gasteiger charge is -2.16. The Balaban J connectivity index is 0.000000482. The summed E-state index contributed by atoms with van der Waals surface area (Å²) < 4.78 is 31.6. The standard InChI is InChI=1S/C20H19FN5O5P.C4H11NO3/c1-25-18(20(27)22-9-14-4-2-3-5-16(14)21)8-13-6-7-17(24-19(13)25)15-10-23-26(11-15)12-31-32(28,29)30;5-4(1-6,2-7)3-8/h2-8,10-11H,9,12H2,1H3,(H,22,27)(H2,28,29,30);6-8H,1-3,5H2. The first-order chi connectivity index (χ1) is 18.9. The Morgan fingerprint density at radius 2 is 1.88 bits per heavy atom. The predicted octanol–water partition coefficient (Wildman–Crippen LogP) is -1.12. The van der Waals surface area contributed by atoms with Gasteiger partial charge in [0.1, 0.15) is 43.7 Å². The van der Waals surface area contributed by atoms with Crippen molar-refractivity contribution in [3.8, 4) is 11.3 Å². The SMILES string of the molecule is Cn1c(C(=O)NCc2ccccc2F)cc2ccc(-c3cnn(COP(=O)([O-])O)c3)nc21.[NH3+]C(CO)(CO)CO. The van der Waals surface area contributed by atoms with Crippen molar-refractivity contribution in [2.75, 3.05) is 19.8 Å². The van der Waals surface area contributed by atoms with Gasteiger partial charge < -0.3 is 40.7 Å². The molecule has 1 aromatic carbocycles. The molecule has 0 radical (unpaired) electrons. The Morgan fingerprint density at radius 3 is 2.48 bits per heavy atom. The van der Waals surface area contributed by atoms with E-state index in [1.807, 2.05) is 0 Å². The second-order valence-electron chi connectivity index (χ2n) is 8.94. The van der Waals surface area contributed by atoms with Crippen LogP contribution in [0.3, 0.4) is 0 Å². The fraction of sp³-hybridized carbons (Fsp3) is 0.292. The van der Waals surface area contributed by atoms with E-state index in [2.05, 4.69) is 25.7 Å². The average Bonchev–Trinajstić information content (AvgIpc) is 3.55. The highest BCUT2D eigenvalue weighted by molar-refractivity contribution is 7.44. The van der Waals surface area contributed by atoms with Gasteiger partial charge in [-0.25, -0.2) is 14.1 Å². The van der Waals surface area contributed by atoms with Crippen LogP contribution in [0.25, 0.3) is 22.3 Å². The normalized spacial score (nSPS) is 13.0. The zero-order valence-electron chi connectivity index (χ0n) is 21.5. The lowest BCUT2D eigenvalue weighted by molar-refractivity contribution is -0.494. The molecule has 3 heterocycles. The van der Waals surface area contributed by atoms with Gasteiger partial charge in [-0.05, 0) is 24.3 Å². The molecule has 216 valence electrons. The van der Waals surface area contributed by atoms with E-state index in [9.17, 15) is 18.6 Å². The summed E-state index contributed by atoms with van der Waals surface area (Å²) >= 11 is 0. The largest absolute Gasteiger partial charge is 0.756 e. The molecule has 14 nitrogen and oxygen atoms in total. The van der Waals surface area contributed by atoms with Crippen LogP contribution in [0.15, 0.2) is 54.9 Å². The Bertz CT molecular complexity index is 1490. The number of amides is 1. The molecule has 0 aliphatic rings. The van der Waals surface area contributed by atoms with Crippen LogP contribution in [0.5, 0.6) is 0 Å². The summed E-state index contributed by atoms with van der Waals surface area (Å²) in [5, 5.41) is 32.6. The van der Waals surface area contributed by atoms with E-state index in [1.165, 1.54) is 23.1 Å². The molecule has 3 aromatic heterocycles. The van der Waals surface area contributed by atoms with Gasteiger partial charge in [0, 0.05) is 36.3 Å². The molecular weight excluding hydrogens is 550 g/mol. The van der Waals surface area contributed by atoms with Crippen molar-refractivity contribution < 1.29 is 49.1 Å². The van der Waals surface area contributed by atoms with Gasteiger partial charge in [0.05, 0.1) is 11.9 Å². The molecule has 1 atom stereocenters. The average molecular weight is 581 g/mol. The summed E-state index contributed by atoms with van der Waals surface area (Å²) in [4.78, 5) is 36.6. The van der Waals surface area contributed by atoms with Crippen molar-refractivity contribution >= 4 is 24.8 Å². The smallest absolute Gasteiger partial charge is 0.268 e.